The average molecular weight is 307 g/mol. The lowest BCUT2D eigenvalue weighted by Crippen LogP contribution is -2.38. The second kappa shape index (κ2) is 6.55. The summed E-state index contributed by atoms with van der Waals surface area (Å²) in [5.41, 5.74) is 0.136. The van der Waals surface area contributed by atoms with Gasteiger partial charge >= 0.3 is 18.1 Å². The van der Waals surface area contributed by atoms with Crippen molar-refractivity contribution in [3.63, 3.8) is 0 Å². The van der Waals surface area contributed by atoms with Crippen molar-refractivity contribution in [1.82, 2.24) is 4.90 Å². The summed E-state index contributed by atoms with van der Waals surface area (Å²) in [6.45, 7) is -0.410. The van der Waals surface area contributed by atoms with Gasteiger partial charge < -0.3 is 9.64 Å². The molecule has 0 N–H and O–H groups in total. The number of amides is 1. The number of benzene rings is 1. The van der Waals surface area contributed by atoms with E-state index < -0.39 is 36.5 Å². The van der Waals surface area contributed by atoms with E-state index in [-0.39, 0.29) is 5.56 Å². The molecule has 0 fully saturated rings. The maximum Gasteiger partial charge on any atom is 0.422 e. The van der Waals surface area contributed by atoms with Crippen molar-refractivity contribution in [2.75, 3.05) is 13.7 Å². The number of halogens is 4. The quantitative estimate of drug-likeness (QED) is 0.489. The largest absolute Gasteiger partial charge is 0.449 e. The Morgan fingerprint density at radius 3 is 2.38 bits per heavy atom. The van der Waals surface area contributed by atoms with Gasteiger partial charge in [0.25, 0.3) is 0 Å². The molecule has 0 saturated carbocycles. The highest BCUT2D eigenvalue weighted by Gasteiger charge is 2.33. The molecule has 0 aromatic heterocycles. The van der Waals surface area contributed by atoms with Crippen molar-refractivity contribution < 1.29 is 31.9 Å². The van der Waals surface area contributed by atoms with Gasteiger partial charge in [-0.3, -0.25) is 4.79 Å². The van der Waals surface area contributed by atoms with Gasteiger partial charge in [0.1, 0.15) is 5.82 Å². The molecule has 116 valence electrons. The lowest BCUT2D eigenvalue weighted by Gasteiger charge is -2.24. The first-order chi connectivity index (χ1) is 9.63. The number of hydrogen-bond donors (Lipinski definition) is 0. The van der Waals surface area contributed by atoms with Gasteiger partial charge in [-0.25, -0.2) is 9.18 Å². The predicted molar refractivity (Wildman–Crippen MR) is 64.6 cm³/mol. The van der Waals surface area contributed by atoms with Crippen LogP contribution in [0.5, 0.6) is 0 Å². The molecule has 0 aliphatic rings. The fourth-order valence-electron chi connectivity index (χ4n) is 1.55. The summed E-state index contributed by atoms with van der Waals surface area (Å²) in [5.74, 6) is -3.51. The van der Waals surface area contributed by atoms with Crippen molar-refractivity contribution in [3.8, 4) is 0 Å². The Balaban J connectivity index is 2.74. The smallest absolute Gasteiger partial charge is 0.422 e. The minimum atomic E-state index is -4.72. The number of carbonyl (C=O) groups is 2. The van der Waals surface area contributed by atoms with E-state index in [4.69, 9.17) is 0 Å². The Labute approximate surface area is 118 Å². The third-order valence-corrected chi connectivity index (χ3v) is 2.80. The molecule has 0 bridgehead atoms. The SMILES string of the molecule is C[C@H](c1ccccc1F)N(C)C(=O)C(=O)OCC(F)(F)F. The first-order valence-electron chi connectivity index (χ1n) is 5.88. The fraction of sp³-hybridized carbons (Fsp3) is 0.385. The van der Waals surface area contributed by atoms with Gasteiger partial charge in [-0.15, -0.1) is 0 Å². The Kier molecular flexibility index (Phi) is 5.28. The fourth-order valence-corrected chi connectivity index (χ4v) is 1.55. The van der Waals surface area contributed by atoms with Crippen LogP contribution in [0.1, 0.15) is 18.5 Å². The molecule has 8 heteroatoms. The number of hydrogen-bond acceptors (Lipinski definition) is 3. The maximum absolute atomic E-state index is 13.6. The molecule has 0 heterocycles. The van der Waals surface area contributed by atoms with E-state index >= 15 is 0 Å². The molecule has 1 aromatic rings. The summed E-state index contributed by atoms with van der Waals surface area (Å²) in [6, 6.07) is 4.73. The molecule has 0 saturated heterocycles. The van der Waals surface area contributed by atoms with E-state index in [0.29, 0.717) is 0 Å². The van der Waals surface area contributed by atoms with E-state index in [9.17, 15) is 27.2 Å². The number of likely N-dealkylation sites (N-methyl/N-ethyl adjacent to an activating group) is 1. The zero-order valence-corrected chi connectivity index (χ0v) is 11.3. The number of alkyl halides is 3. The summed E-state index contributed by atoms with van der Waals surface area (Å²) in [7, 11) is 1.17. The minimum Gasteiger partial charge on any atom is -0.449 e. The number of esters is 1. The van der Waals surface area contributed by atoms with Crippen LogP contribution in [-0.4, -0.2) is 36.6 Å². The third-order valence-electron chi connectivity index (χ3n) is 2.80. The average Bonchev–Trinajstić information content (AvgIpc) is 2.42. The molecule has 0 spiro atoms. The highest BCUT2D eigenvalue weighted by atomic mass is 19.4. The molecule has 1 aromatic carbocycles. The first kappa shape index (κ1) is 16.9. The highest BCUT2D eigenvalue weighted by molar-refractivity contribution is 6.32. The van der Waals surface area contributed by atoms with Crippen molar-refractivity contribution >= 4 is 11.9 Å². The normalized spacial score (nSPS) is 12.7. The van der Waals surface area contributed by atoms with Gasteiger partial charge in [0.2, 0.25) is 0 Å². The van der Waals surface area contributed by atoms with Crippen LogP contribution >= 0.6 is 0 Å². The Bertz CT molecular complexity index is 530. The Hall–Kier alpha value is -2.12. The topological polar surface area (TPSA) is 46.6 Å². The summed E-state index contributed by atoms with van der Waals surface area (Å²) < 4.78 is 53.1. The molecule has 4 nitrogen and oxygen atoms in total. The summed E-state index contributed by atoms with van der Waals surface area (Å²) in [5, 5.41) is 0. The lowest BCUT2D eigenvalue weighted by atomic mass is 10.1. The summed E-state index contributed by atoms with van der Waals surface area (Å²) in [6.07, 6.45) is -4.72. The second-order valence-electron chi connectivity index (χ2n) is 4.30. The van der Waals surface area contributed by atoms with E-state index in [1.807, 2.05) is 0 Å². The van der Waals surface area contributed by atoms with Gasteiger partial charge in [-0.05, 0) is 13.0 Å². The molecule has 21 heavy (non-hydrogen) atoms. The van der Waals surface area contributed by atoms with Crippen molar-refractivity contribution in [3.05, 3.63) is 35.6 Å². The standard InChI is InChI=1S/C13H13F4NO3/c1-8(9-5-3-4-6-10(9)14)18(2)11(19)12(20)21-7-13(15,16)17/h3-6,8H,7H2,1-2H3/t8-/m1/s1. The summed E-state index contributed by atoms with van der Waals surface area (Å²) in [4.78, 5) is 23.7. The van der Waals surface area contributed by atoms with E-state index in [2.05, 4.69) is 4.74 Å². The second-order valence-corrected chi connectivity index (χ2v) is 4.30. The third kappa shape index (κ3) is 4.73. The molecule has 1 amide bonds. The molecule has 0 aliphatic heterocycles. The minimum absolute atomic E-state index is 0.136. The van der Waals surface area contributed by atoms with Crippen LogP contribution in [0.2, 0.25) is 0 Å². The van der Waals surface area contributed by atoms with Gasteiger partial charge in [-0.2, -0.15) is 13.2 Å². The number of nitrogens with zero attached hydrogens (tertiary/aromatic N) is 1. The van der Waals surface area contributed by atoms with Crippen molar-refractivity contribution in [2.24, 2.45) is 0 Å². The van der Waals surface area contributed by atoms with Crippen LogP contribution in [0, 0.1) is 5.82 Å². The number of carbonyl (C=O) groups excluding carboxylic acids is 2. The Morgan fingerprint density at radius 2 is 1.86 bits per heavy atom. The lowest BCUT2D eigenvalue weighted by molar-refractivity contribution is -0.189. The molecule has 0 aliphatic carbocycles. The van der Waals surface area contributed by atoms with Gasteiger partial charge in [0, 0.05) is 12.6 Å². The van der Waals surface area contributed by atoms with E-state index in [0.717, 1.165) is 4.90 Å². The zero-order valence-electron chi connectivity index (χ0n) is 11.3. The molecular formula is C13H13F4NO3. The van der Waals surface area contributed by atoms with E-state index in [1.165, 1.54) is 38.2 Å². The first-order valence-corrected chi connectivity index (χ1v) is 5.88. The van der Waals surface area contributed by atoms with E-state index in [1.54, 1.807) is 0 Å². The number of rotatable bonds is 3. The molecule has 0 radical (unpaired) electrons. The van der Waals surface area contributed by atoms with Crippen LogP contribution in [-0.2, 0) is 14.3 Å². The van der Waals surface area contributed by atoms with Crippen molar-refractivity contribution in [2.45, 2.75) is 19.1 Å². The van der Waals surface area contributed by atoms with Crippen LogP contribution in [0.15, 0.2) is 24.3 Å². The van der Waals surface area contributed by atoms with Gasteiger partial charge in [-0.1, -0.05) is 18.2 Å². The van der Waals surface area contributed by atoms with Gasteiger partial charge in [0.05, 0.1) is 6.04 Å². The molecular weight excluding hydrogens is 294 g/mol. The maximum atomic E-state index is 13.6. The van der Waals surface area contributed by atoms with Crippen LogP contribution in [0.4, 0.5) is 17.6 Å². The van der Waals surface area contributed by atoms with Crippen LogP contribution in [0.3, 0.4) is 0 Å². The van der Waals surface area contributed by atoms with Gasteiger partial charge in [0.15, 0.2) is 6.61 Å². The monoisotopic (exact) mass is 307 g/mol. The molecule has 1 atom stereocenters. The van der Waals surface area contributed by atoms with Crippen LogP contribution in [0.25, 0.3) is 0 Å². The summed E-state index contributed by atoms with van der Waals surface area (Å²) >= 11 is 0. The van der Waals surface area contributed by atoms with Crippen LogP contribution < -0.4 is 0 Å². The highest BCUT2D eigenvalue weighted by Crippen LogP contribution is 2.22. The number of ether oxygens (including phenoxy) is 1. The predicted octanol–water partition coefficient (Wildman–Crippen LogP) is 2.45. The molecule has 1 rings (SSSR count). The van der Waals surface area contributed by atoms with Crippen molar-refractivity contribution in [1.29, 1.82) is 0 Å². The zero-order chi connectivity index (χ0) is 16.2. The molecule has 0 unspecified atom stereocenters. The Morgan fingerprint density at radius 1 is 1.29 bits per heavy atom.